The Hall–Kier alpha value is -1.31. The highest BCUT2D eigenvalue weighted by molar-refractivity contribution is 5.29. The largest absolute Gasteiger partial charge is 0.494 e. The van der Waals surface area contributed by atoms with Crippen LogP contribution in [0.1, 0.15) is 102 Å². The van der Waals surface area contributed by atoms with E-state index in [-0.39, 0.29) is 5.82 Å². The van der Waals surface area contributed by atoms with Crippen LogP contribution in [-0.4, -0.2) is 7.11 Å². The van der Waals surface area contributed by atoms with Gasteiger partial charge in [-0.3, -0.25) is 0 Å². The van der Waals surface area contributed by atoms with Crippen LogP contribution in [0.15, 0.2) is 29.8 Å². The second kappa shape index (κ2) is 12.5. The topological polar surface area (TPSA) is 9.23 Å². The van der Waals surface area contributed by atoms with Crippen LogP contribution in [0.5, 0.6) is 5.75 Å². The van der Waals surface area contributed by atoms with E-state index in [4.69, 9.17) is 4.74 Å². The highest BCUT2D eigenvalue weighted by Crippen LogP contribution is 2.37. The molecule has 1 saturated carbocycles. The van der Waals surface area contributed by atoms with E-state index in [1.54, 1.807) is 17.7 Å². The molecule has 0 radical (unpaired) electrons. The Morgan fingerprint density at radius 3 is 2.27 bits per heavy atom. The molecule has 0 heterocycles. The number of rotatable bonds is 11. The second-order valence-electron chi connectivity index (χ2n) is 9.93. The fraction of sp³-hybridized carbons (Fsp3) is 0.714. The zero-order chi connectivity index (χ0) is 21.2. The Balaban J connectivity index is 1.31. The van der Waals surface area contributed by atoms with Gasteiger partial charge in [-0.2, -0.15) is 0 Å². The molecule has 1 unspecified atom stereocenters. The zero-order valence-corrected chi connectivity index (χ0v) is 19.4. The van der Waals surface area contributed by atoms with Crippen molar-refractivity contribution in [1.82, 2.24) is 0 Å². The first-order valence-corrected chi connectivity index (χ1v) is 12.7. The van der Waals surface area contributed by atoms with Crippen LogP contribution in [0.25, 0.3) is 0 Å². The van der Waals surface area contributed by atoms with Crippen molar-refractivity contribution in [2.45, 2.75) is 103 Å². The van der Waals surface area contributed by atoms with Gasteiger partial charge in [-0.25, -0.2) is 4.39 Å². The van der Waals surface area contributed by atoms with Crippen LogP contribution in [0, 0.1) is 23.6 Å². The number of hydrogen-bond donors (Lipinski definition) is 0. The number of allylic oxidation sites excluding steroid dienone is 2. The summed E-state index contributed by atoms with van der Waals surface area (Å²) in [5.41, 5.74) is 2.65. The van der Waals surface area contributed by atoms with Crippen LogP contribution >= 0.6 is 0 Å². The molecule has 168 valence electrons. The third-order valence-electron chi connectivity index (χ3n) is 7.73. The van der Waals surface area contributed by atoms with Crippen molar-refractivity contribution in [3.8, 4) is 5.75 Å². The lowest BCUT2D eigenvalue weighted by Crippen LogP contribution is -2.16. The van der Waals surface area contributed by atoms with Gasteiger partial charge < -0.3 is 4.74 Å². The van der Waals surface area contributed by atoms with Crippen molar-refractivity contribution in [3.05, 3.63) is 41.2 Å². The molecule has 0 N–H and O–H groups in total. The maximum atomic E-state index is 13.9. The molecule has 1 fully saturated rings. The van der Waals surface area contributed by atoms with Crippen molar-refractivity contribution in [2.24, 2.45) is 17.8 Å². The summed E-state index contributed by atoms with van der Waals surface area (Å²) in [6.45, 7) is 2.31. The van der Waals surface area contributed by atoms with Crippen molar-refractivity contribution >= 4 is 0 Å². The normalized spacial score (nSPS) is 24.5. The molecule has 0 bridgehead atoms. The van der Waals surface area contributed by atoms with E-state index < -0.39 is 0 Å². The first kappa shape index (κ1) is 23.4. The molecular formula is C28H43FO. The molecule has 0 saturated heterocycles. The molecule has 2 aliphatic rings. The third kappa shape index (κ3) is 7.43. The Labute approximate surface area is 184 Å². The SMILES string of the molecule is CCCCCC1CCC(CCC2CC=C(CCc3ccc(OC)c(F)c3)CC2)CC1. The minimum atomic E-state index is -0.248. The molecule has 2 heteroatoms. The van der Waals surface area contributed by atoms with Gasteiger partial charge in [0.1, 0.15) is 0 Å². The summed E-state index contributed by atoms with van der Waals surface area (Å²) < 4.78 is 18.9. The Kier molecular flexibility index (Phi) is 9.75. The van der Waals surface area contributed by atoms with E-state index in [0.29, 0.717) is 5.75 Å². The minimum absolute atomic E-state index is 0.248. The number of hydrogen-bond acceptors (Lipinski definition) is 1. The van der Waals surface area contributed by atoms with Crippen LogP contribution < -0.4 is 4.74 Å². The average Bonchev–Trinajstić information content (AvgIpc) is 2.78. The lowest BCUT2D eigenvalue weighted by atomic mass is 9.76. The van der Waals surface area contributed by atoms with Crippen LogP contribution in [0.3, 0.4) is 0 Å². The predicted molar refractivity (Wildman–Crippen MR) is 126 cm³/mol. The van der Waals surface area contributed by atoms with Crippen LogP contribution in [0.4, 0.5) is 4.39 Å². The summed E-state index contributed by atoms with van der Waals surface area (Å²) >= 11 is 0. The maximum absolute atomic E-state index is 13.9. The molecule has 1 aromatic carbocycles. The standard InChI is InChI=1S/C28H43FO/c1-3-4-5-6-22-7-9-23(10-8-22)11-12-24-13-15-25(16-14-24)17-18-26-19-20-28(30-2)27(29)21-26/h15,19-24H,3-14,16-18H2,1-2H3. The minimum Gasteiger partial charge on any atom is -0.494 e. The van der Waals surface area contributed by atoms with E-state index in [2.05, 4.69) is 13.0 Å². The van der Waals surface area contributed by atoms with Gasteiger partial charge in [-0.15, -0.1) is 0 Å². The molecule has 0 aliphatic heterocycles. The molecule has 0 spiro atoms. The van der Waals surface area contributed by atoms with Gasteiger partial charge in [-0.05, 0) is 74.0 Å². The molecule has 0 aromatic heterocycles. The molecular weight excluding hydrogens is 371 g/mol. The summed E-state index contributed by atoms with van der Waals surface area (Å²) in [4.78, 5) is 0. The van der Waals surface area contributed by atoms with Gasteiger partial charge in [-0.1, -0.05) is 82.4 Å². The molecule has 0 amide bonds. The van der Waals surface area contributed by atoms with Crippen molar-refractivity contribution in [1.29, 1.82) is 0 Å². The Morgan fingerprint density at radius 1 is 0.900 bits per heavy atom. The zero-order valence-electron chi connectivity index (χ0n) is 19.4. The van der Waals surface area contributed by atoms with Crippen molar-refractivity contribution in [3.63, 3.8) is 0 Å². The lowest BCUT2D eigenvalue weighted by molar-refractivity contribution is 0.234. The maximum Gasteiger partial charge on any atom is 0.165 e. The van der Waals surface area contributed by atoms with Gasteiger partial charge in [0.25, 0.3) is 0 Å². The van der Waals surface area contributed by atoms with Gasteiger partial charge >= 0.3 is 0 Å². The van der Waals surface area contributed by atoms with Crippen LogP contribution in [-0.2, 0) is 6.42 Å². The smallest absolute Gasteiger partial charge is 0.165 e. The number of halogens is 1. The van der Waals surface area contributed by atoms with Gasteiger partial charge in [0, 0.05) is 0 Å². The number of aryl methyl sites for hydroxylation is 1. The van der Waals surface area contributed by atoms with E-state index in [1.165, 1.54) is 90.6 Å². The van der Waals surface area contributed by atoms with Gasteiger partial charge in [0.05, 0.1) is 7.11 Å². The van der Waals surface area contributed by atoms with Crippen LogP contribution in [0.2, 0.25) is 0 Å². The third-order valence-corrected chi connectivity index (χ3v) is 7.73. The summed E-state index contributed by atoms with van der Waals surface area (Å²) in [6, 6.07) is 5.37. The first-order chi connectivity index (χ1) is 14.7. The fourth-order valence-corrected chi connectivity index (χ4v) is 5.57. The van der Waals surface area contributed by atoms with Gasteiger partial charge in [0.2, 0.25) is 0 Å². The Morgan fingerprint density at radius 2 is 1.63 bits per heavy atom. The molecule has 1 nitrogen and oxygen atoms in total. The van der Waals surface area contributed by atoms with Gasteiger partial charge in [0.15, 0.2) is 11.6 Å². The van der Waals surface area contributed by atoms with E-state index in [0.717, 1.165) is 36.2 Å². The monoisotopic (exact) mass is 414 g/mol. The number of unbranched alkanes of at least 4 members (excludes halogenated alkanes) is 2. The number of ether oxygens (including phenoxy) is 1. The second-order valence-corrected chi connectivity index (χ2v) is 9.93. The summed E-state index contributed by atoms with van der Waals surface area (Å²) in [5, 5.41) is 0. The molecule has 3 rings (SSSR count). The highest BCUT2D eigenvalue weighted by Gasteiger charge is 2.22. The van der Waals surface area contributed by atoms with Crippen molar-refractivity contribution in [2.75, 3.05) is 7.11 Å². The molecule has 2 aliphatic carbocycles. The van der Waals surface area contributed by atoms with E-state index in [9.17, 15) is 4.39 Å². The van der Waals surface area contributed by atoms with E-state index >= 15 is 0 Å². The molecule has 1 atom stereocenters. The Bertz CT molecular complexity index is 657. The average molecular weight is 415 g/mol. The predicted octanol–water partition coefficient (Wildman–Crippen LogP) is 8.66. The molecule has 1 aromatic rings. The number of methoxy groups -OCH3 is 1. The summed E-state index contributed by atoms with van der Waals surface area (Å²) in [7, 11) is 1.51. The highest BCUT2D eigenvalue weighted by atomic mass is 19.1. The lowest BCUT2D eigenvalue weighted by Gasteiger charge is -2.30. The number of benzene rings is 1. The quantitative estimate of drug-likeness (QED) is 0.260. The summed E-state index contributed by atoms with van der Waals surface area (Å²) in [5.74, 6) is 3.02. The fourth-order valence-electron chi connectivity index (χ4n) is 5.57. The molecule has 30 heavy (non-hydrogen) atoms. The first-order valence-electron chi connectivity index (χ1n) is 12.7. The summed E-state index contributed by atoms with van der Waals surface area (Å²) in [6.07, 6.45) is 22.9. The van der Waals surface area contributed by atoms with Crippen molar-refractivity contribution < 1.29 is 9.13 Å². The van der Waals surface area contributed by atoms with E-state index in [1.807, 2.05) is 6.07 Å².